The number of hydrogen-bond donors (Lipinski definition) is 1. The molecule has 0 fully saturated rings. The lowest BCUT2D eigenvalue weighted by Gasteiger charge is -2.25. The molecule has 16 heavy (non-hydrogen) atoms. The number of hydrogen-bond acceptors (Lipinski definition) is 1. The van der Waals surface area contributed by atoms with E-state index in [2.05, 4.69) is 27.7 Å². The Balaban J connectivity index is 3.94. The Bertz CT molecular complexity index is 199. The third-order valence-electron chi connectivity index (χ3n) is 3.43. The summed E-state index contributed by atoms with van der Waals surface area (Å²) < 4.78 is 0. The molecule has 0 aliphatic rings. The van der Waals surface area contributed by atoms with E-state index in [1.165, 1.54) is 32.1 Å². The predicted molar refractivity (Wildman–Crippen MR) is 70.1 cm³/mol. The van der Waals surface area contributed by atoms with Gasteiger partial charge in [-0.05, 0) is 24.2 Å². The zero-order chi connectivity index (χ0) is 12.6. The Hall–Kier alpha value is -0.530. The second-order valence-electron chi connectivity index (χ2n) is 5.76. The lowest BCUT2D eigenvalue weighted by atomic mass is 9.80. The molecule has 0 heterocycles. The van der Waals surface area contributed by atoms with Crippen LogP contribution in [0, 0.1) is 11.3 Å². The summed E-state index contributed by atoms with van der Waals surface area (Å²) >= 11 is 0. The first kappa shape index (κ1) is 15.5. The largest absolute Gasteiger partial charge is 0.370 e. The highest BCUT2D eigenvalue weighted by Crippen LogP contribution is 2.30. The van der Waals surface area contributed by atoms with Crippen molar-refractivity contribution in [3.63, 3.8) is 0 Å². The van der Waals surface area contributed by atoms with Crippen LogP contribution in [0.25, 0.3) is 0 Å². The molecule has 0 aromatic rings. The number of rotatable bonds is 9. The molecule has 0 rings (SSSR count). The molecule has 1 atom stereocenters. The molecule has 2 nitrogen and oxygen atoms in total. The van der Waals surface area contributed by atoms with Gasteiger partial charge in [0.1, 0.15) is 0 Å². The van der Waals surface area contributed by atoms with Crippen molar-refractivity contribution in [3.8, 4) is 0 Å². The number of carbonyl (C=O) groups excluding carboxylic acids is 1. The van der Waals surface area contributed by atoms with Crippen LogP contribution in [-0.2, 0) is 4.79 Å². The zero-order valence-corrected chi connectivity index (χ0v) is 11.5. The van der Waals surface area contributed by atoms with E-state index < -0.39 is 0 Å². The van der Waals surface area contributed by atoms with Gasteiger partial charge >= 0.3 is 0 Å². The number of nitrogens with two attached hydrogens (primary N) is 1. The third kappa shape index (κ3) is 7.72. The van der Waals surface area contributed by atoms with E-state index in [1.54, 1.807) is 0 Å². The third-order valence-corrected chi connectivity index (χ3v) is 3.43. The minimum Gasteiger partial charge on any atom is -0.370 e. The van der Waals surface area contributed by atoms with Gasteiger partial charge in [0.2, 0.25) is 5.91 Å². The van der Waals surface area contributed by atoms with Crippen LogP contribution in [0.4, 0.5) is 0 Å². The minimum absolute atomic E-state index is 0.0749. The molecule has 0 aliphatic heterocycles. The highest BCUT2D eigenvalue weighted by Gasteiger charge is 2.21. The number of carbonyl (C=O) groups is 1. The normalized spacial score (nSPS) is 13.8. The second kappa shape index (κ2) is 7.70. The molecular weight excluding hydrogens is 198 g/mol. The lowest BCUT2D eigenvalue weighted by molar-refractivity contribution is -0.120. The van der Waals surface area contributed by atoms with E-state index >= 15 is 0 Å². The molecule has 0 saturated carbocycles. The van der Waals surface area contributed by atoms with Gasteiger partial charge in [-0.3, -0.25) is 4.79 Å². The van der Waals surface area contributed by atoms with E-state index in [-0.39, 0.29) is 11.3 Å². The fraction of sp³-hybridized carbons (Fsp3) is 0.929. The maximum atomic E-state index is 10.9. The van der Waals surface area contributed by atoms with E-state index in [1.807, 2.05) is 0 Å². The van der Waals surface area contributed by atoms with Crippen molar-refractivity contribution < 1.29 is 4.79 Å². The molecule has 0 aromatic heterocycles. The molecule has 0 aliphatic carbocycles. The Morgan fingerprint density at radius 2 is 1.88 bits per heavy atom. The van der Waals surface area contributed by atoms with Gasteiger partial charge in [0.05, 0.1) is 0 Å². The summed E-state index contributed by atoms with van der Waals surface area (Å²) in [6, 6.07) is 0. The van der Waals surface area contributed by atoms with E-state index in [0.29, 0.717) is 6.42 Å². The molecule has 2 N–H and O–H groups in total. The Labute approximate surface area is 101 Å². The molecular formula is C14H29NO. The molecule has 1 amide bonds. The molecule has 0 bridgehead atoms. The number of amides is 1. The molecule has 96 valence electrons. The number of unbranched alkanes of at least 4 members (excludes halogenated alkanes) is 1. The van der Waals surface area contributed by atoms with Crippen LogP contribution in [0.15, 0.2) is 0 Å². The van der Waals surface area contributed by atoms with Crippen LogP contribution in [-0.4, -0.2) is 5.91 Å². The maximum absolute atomic E-state index is 10.9. The van der Waals surface area contributed by atoms with Crippen molar-refractivity contribution in [2.75, 3.05) is 0 Å². The van der Waals surface area contributed by atoms with Crippen LogP contribution in [0.3, 0.4) is 0 Å². The first-order chi connectivity index (χ1) is 7.41. The van der Waals surface area contributed by atoms with Crippen molar-refractivity contribution in [3.05, 3.63) is 0 Å². The van der Waals surface area contributed by atoms with Crippen LogP contribution in [0.5, 0.6) is 0 Å². The average Bonchev–Trinajstić information content (AvgIpc) is 2.16. The lowest BCUT2D eigenvalue weighted by Crippen LogP contribution is -2.23. The highest BCUT2D eigenvalue weighted by atomic mass is 16.1. The summed E-state index contributed by atoms with van der Waals surface area (Å²) in [5.74, 6) is 0.652. The molecule has 0 aromatic carbocycles. The van der Waals surface area contributed by atoms with Crippen molar-refractivity contribution in [1.29, 1.82) is 0 Å². The van der Waals surface area contributed by atoms with Gasteiger partial charge in [-0.25, -0.2) is 0 Å². The SMILES string of the molecule is CCCCC(CC)CCC(C)(C)CC(N)=O. The monoisotopic (exact) mass is 227 g/mol. The molecule has 0 saturated heterocycles. The fourth-order valence-electron chi connectivity index (χ4n) is 2.20. The summed E-state index contributed by atoms with van der Waals surface area (Å²) in [4.78, 5) is 10.9. The highest BCUT2D eigenvalue weighted by molar-refractivity contribution is 5.74. The maximum Gasteiger partial charge on any atom is 0.217 e. The smallest absolute Gasteiger partial charge is 0.217 e. The summed E-state index contributed by atoms with van der Waals surface area (Å²) in [5.41, 5.74) is 5.33. The second-order valence-corrected chi connectivity index (χ2v) is 5.76. The Kier molecular flexibility index (Phi) is 7.44. The first-order valence-electron chi connectivity index (χ1n) is 6.69. The summed E-state index contributed by atoms with van der Waals surface area (Å²) in [5, 5.41) is 0. The van der Waals surface area contributed by atoms with E-state index in [0.717, 1.165) is 12.3 Å². The molecule has 2 heteroatoms. The first-order valence-corrected chi connectivity index (χ1v) is 6.69. The van der Waals surface area contributed by atoms with Gasteiger partial charge in [0.15, 0.2) is 0 Å². The van der Waals surface area contributed by atoms with Gasteiger partial charge in [-0.15, -0.1) is 0 Å². The van der Waals surface area contributed by atoms with Crippen LogP contribution >= 0.6 is 0 Å². The van der Waals surface area contributed by atoms with E-state index in [4.69, 9.17) is 5.73 Å². The Morgan fingerprint density at radius 3 is 2.31 bits per heavy atom. The van der Waals surface area contributed by atoms with Gasteiger partial charge in [0, 0.05) is 6.42 Å². The average molecular weight is 227 g/mol. The summed E-state index contributed by atoms with van der Waals surface area (Å²) in [6.07, 6.45) is 8.05. The van der Waals surface area contributed by atoms with E-state index in [9.17, 15) is 4.79 Å². The van der Waals surface area contributed by atoms with Crippen molar-refractivity contribution in [1.82, 2.24) is 0 Å². The van der Waals surface area contributed by atoms with Gasteiger partial charge in [-0.1, -0.05) is 53.4 Å². The van der Waals surface area contributed by atoms with Crippen molar-refractivity contribution >= 4 is 5.91 Å². The van der Waals surface area contributed by atoms with Crippen molar-refractivity contribution in [2.24, 2.45) is 17.1 Å². The molecule has 1 unspecified atom stereocenters. The fourth-order valence-corrected chi connectivity index (χ4v) is 2.20. The zero-order valence-electron chi connectivity index (χ0n) is 11.5. The predicted octanol–water partition coefficient (Wildman–Crippen LogP) is 3.88. The van der Waals surface area contributed by atoms with Gasteiger partial charge < -0.3 is 5.73 Å². The quantitative estimate of drug-likeness (QED) is 0.638. The minimum atomic E-state index is -0.174. The topological polar surface area (TPSA) is 43.1 Å². The van der Waals surface area contributed by atoms with Crippen LogP contribution in [0.2, 0.25) is 0 Å². The Morgan fingerprint density at radius 1 is 1.25 bits per heavy atom. The molecule has 0 spiro atoms. The standard InChI is InChI=1S/C14H29NO/c1-5-7-8-12(6-2)9-10-14(3,4)11-13(15)16/h12H,5-11H2,1-4H3,(H2,15,16). The van der Waals surface area contributed by atoms with Gasteiger partial charge in [0.25, 0.3) is 0 Å². The van der Waals surface area contributed by atoms with Gasteiger partial charge in [-0.2, -0.15) is 0 Å². The van der Waals surface area contributed by atoms with Crippen molar-refractivity contribution in [2.45, 2.75) is 72.6 Å². The summed E-state index contributed by atoms with van der Waals surface area (Å²) in [7, 11) is 0. The molecule has 0 radical (unpaired) electrons. The number of primary amides is 1. The van der Waals surface area contributed by atoms with Crippen LogP contribution < -0.4 is 5.73 Å². The summed E-state index contributed by atoms with van der Waals surface area (Å²) in [6.45, 7) is 8.79. The van der Waals surface area contributed by atoms with Crippen LogP contribution in [0.1, 0.15) is 72.6 Å².